The van der Waals surface area contributed by atoms with Crippen LogP contribution in [0.5, 0.6) is 0 Å². The Hall–Kier alpha value is -0.0400. The van der Waals surface area contributed by atoms with Gasteiger partial charge in [0, 0.05) is 25.7 Å². The molecule has 0 radical (unpaired) electrons. The van der Waals surface area contributed by atoms with E-state index >= 15 is 0 Å². The number of nitrogens with zero attached hydrogens (tertiary/aromatic N) is 3. The highest BCUT2D eigenvalue weighted by Crippen LogP contribution is 2.24. The van der Waals surface area contributed by atoms with Crippen LogP contribution in [0.1, 0.15) is 51.9 Å². The number of halogens is 1. The van der Waals surface area contributed by atoms with Crippen LogP contribution in [-0.4, -0.2) is 54.5 Å². The van der Waals surface area contributed by atoms with Crippen molar-refractivity contribution in [2.45, 2.75) is 64.0 Å². The van der Waals surface area contributed by atoms with Crippen molar-refractivity contribution in [3.8, 4) is 0 Å². The number of hydrogen-bond acceptors (Lipinski definition) is 2. The Labute approximate surface area is 141 Å². The number of aliphatic imine (C=N–C) groups is 1. The molecule has 5 heteroatoms. The summed E-state index contributed by atoms with van der Waals surface area (Å²) in [6, 6.07) is 1.45. The van der Waals surface area contributed by atoms with Crippen LogP contribution < -0.4 is 5.73 Å². The number of guanidine groups is 1. The van der Waals surface area contributed by atoms with E-state index in [2.05, 4.69) is 28.8 Å². The first kappa shape index (κ1) is 18.0. The fourth-order valence-corrected chi connectivity index (χ4v) is 2.87. The molecule has 0 aromatic carbocycles. The van der Waals surface area contributed by atoms with E-state index < -0.39 is 0 Å². The predicted octanol–water partition coefficient (Wildman–Crippen LogP) is 2.67. The number of piperidine rings is 1. The van der Waals surface area contributed by atoms with Gasteiger partial charge in [-0.25, -0.2) is 0 Å². The normalized spacial score (nSPS) is 24.3. The second-order valence-electron chi connectivity index (χ2n) is 6.17. The smallest absolute Gasteiger partial charge is 0.191 e. The first-order valence-corrected chi connectivity index (χ1v) is 7.95. The summed E-state index contributed by atoms with van der Waals surface area (Å²) in [6.07, 6.45) is 9.11. The van der Waals surface area contributed by atoms with Crippen molar-refractivity contribution < 1.29 is 0 Å². The third-order valence-corrected chi connectivity index (χ3v) is 4.52. The van der Waals surface area contributed by atoms with Gasteiger partial charge in [-0.15, -0.1) is 24.0 Å². The van der Waals surface area contributed by atoms with Gasteiger partial charge in [-0.3, -0.25) is 4.99 Å². The van der Waals surface area contributed by atoms with E-state index in [-0.39, 0.29) is 24.0 Å². The van der Waals surface area contributed by atoms with E-state index in [4.69, 9.17) is 5.73 Å². The lowest BCUT2D eigenvalue weighted by Gasteiger charge is -2.33. The zero-order valence-electron chi connectivity index (χ0n) is 13.1. The maximum Gasteiger partial charge on any atom is 0.191 e. The van der Waals surface area contributed by atoms with Crippen LogP contribution in [0.15, 0.2) is 4.99 Å². The second-order valence-corrected chi connectivity index (χ2v) is 6.17. The Kier molecular flexibility index (Phi) is 8.17. The Morgan fingerprint density at radius 1 is 1.25 bits per heavy atom. The van der Waals surface area contributed by atoms with E-state index in [0.717, 1.165) is 25.0 Å². The summed E-state index contributed by atoms with van der Waals surface area (Å²) in [5, 5.41) is 0. The van der Waals surface area contributed by atoms with Crippen LogP contribution in [0.2, 0.25) is 0 Å². The van der Waals surface area contributed by atoms with Gasteiger partial charge in [-0.2, -0.15) is 0 Å². The monoisotopic (exact) mass is 394 g/mol. The minimum absolute atomic E-state index is 0. The molecular formula is C15H31IN4. The first-order valence-electron chi connectivity index (χ1n) is 7.95. The molecule has 1 saturated carbocycles. The SMILES string of the molecule is CC1CCCCN1CCCCN=C(N)N(C)C1CC1.I. The highest BCUT2D eigenvalue weighted by molar-refractivity contribution is 14.0. The van der Waals surface area contributed by atoms with Gasteiger partial charge in [0.05, 0.1) is 0 Å². The Morgan fingerprint density at radius 2 is 2.00 bits per heavy atom. The Balaban J connectivity index is 0.00000200. The van der Waals surface area contributed by atoms with Crippen LogP contribution in [0.4, 0.5) is 0 Å². The first-order chi connectivity index (χ1) is 9.18. The maximum atomic E-state index is 5.97. The summed E-state index contributed by atoms with van der Waals surface area (Å²) >= 11 is 0. The summed E-state index contributed by atoms with van der Waals surface area (Å²) in [7, 11) is 2.06. The lowest BCUT2D eigenvalue weighted by Crippen LogP contribution is -2.38. The zero-order chi connectivity index (χ0) is 13.7. The molecule has 2 fully saturated rings. The van der Waals surface area contributed by atoms with Gasteiger partial charge in [-0.05, 0) is 58.5 Å². The van der Waals surface area contributed by atoms with E-state index in [9.17, 15) is 0 Å². The summed E-state index contributed by atoms with van der Waals surface area (Å²) in [6.45, 7) is 5.76. The summed E-state index contributed by atoms with van der Waals surface area (Å²) in [5.74, 6) is 0.730. The highest BCUT2D eigenvalue weighted by Gasteiger charge is 2.27. The molecule has 1 aliphatic carbocycles. The number of hydrogen-bond donors (Lipinski definition) is 1. The molecule has 0 bridgehead atoms. The molecule has 118 valence electrons. The van der Waals surface area contributed by atoms with E-state index in [1.807, 2.05) is 0 Å². The van der Waals surface area contributed by atoms with Crippen LogP contribution in [-0.2, 0) is 0 Å². The quantitative estimate of drug-likeness (QED) is 0.326. The van der Waals surface area contributed by atoms with Crippen molar-refractivity contribution in [3.63, 3.8) is 0 Å². The van der Waals surface area contributed by atoms with Gasteiger partial charge >= 0.3 is 0 Å². The van der Waals surface area contributed by atoms with Gasteiger partial charge in [0.25, 0.3) is 0 Å². The average molecular weight is 394 g/mol. The molecule has 4 nitrogen and oxygen atoms in total. The minimum Gasteiger partial charge on any atom is -0.370 e. The van der Waals surface area contributed by atoms with Crippen molar-refractivity contribution in [1.29, 1.82) is 0 Å². The molecule has 0 aromatic rings. The fourth-order valence-electron chi connectivity index (χ4n) is 2.87. The van der Waals surface area contributed by atoms with Gasteiger partial charge in [0.2, 0.25) is 0 Å². The van der Waals surface area contributed by atoms with Gasteiger partial charge in [0.1, 0.15) is 0 Å². The fraction of sp³-hybridized carbons (Fsp3) is 0.933. The summed E-state index contributed by atoms with van der Waals surface area (Å²) < 4.78 is 0. The van der Waals surface area contributed by atoms with E-state index in [0.29, 0.717) is 6.04 Å². The summed E-state index contributed by atoms with van der Waals surface area (Å²) in [5.41, 5.74) is 5.97. The van der Waals surface area contributed by atoms with Crippen molar-refractivity contribution in [2.24, 2.45) is 10.7 Å². The lowest BCUT2D eigenvalue weighted by molar-refractivity contribution is 0.158. The standard InChI is InChI=1S/C15H30N4.HI/c1-13-7-3-5-11-19(13)12-6-4-10-17-15(16)18(2)14-8-9-14;/h13-14H,3-12H2,1-2H3,(H2,16,17);1H. The zero-order valence-corrected chi connectivity index (χ0v) is 15.4. The molecule has 1 unspecified atom stereocenters. The molecule has 1 saturated heterocycles. The predicted molar refractivity (Wildman–Crippen MR) is 96.8 cm³/mol. The molecule has 20 heavy (non-hydrogen) atoms. The Morgan fingerprint density at radius 3 is 2.65 bits per heavy atom. The molecular weight excluding hydrogens is 363 g/mol. The average Bonchev–Trinajstić information content (AvgIpc) is 3.23. The van der Waals surface area contributed by atoms with Crippen LogP contribution in [0.3, 0.4) is 0 Å². The van der Waals surface area contributed by atoms with Crippen molar-refractivity contribution >= 4 is 29.9 Å². The lowest BCUT2D eigenvalue weighted by atomic mass is 10.0. The van der Waals surface area contributed by atoms with Gasteiger partial charge < -0.3 is 15.5 Å². The topological polar surface area (TPSA) is 44.9 Å². The molecule has 2 rings (SSSR count). The van der Waals surface area contributed by atoms with Crippen molar-refractivity contribution in [3.05, 3.63) is 0 Å². The van der Waals surface area contributed by atoms with E-state index in [1.54, 1.807) is 0 Å². The van der Waals surface area contributed by atoms with Gasteiger partial charge in [0.15, 0.2) is 5.96 Å². The number of unbranched alkanes of at least 4 members (excludes halogenated alkanes) is 1. The van der Waals surface area contributed by atoms with Crippen LogP contribution >= 0.6 is 24.0 Å². The Bertz CT molecular complexity index is 304. The molecule has 1 heterocycles. The molecule has 0 spiro atoms. The van der Waals surface area contributed by atoms with E-state index in [1.165, 1.54) is 51.6 Å². The largest absolute Gasteiger partial charge is 0.370 e. The molecule has 0 amide bonds. The van der Waals surface area contributed by atoms with Crippen LogP contribution in [0.25, 0.3) is 0 Å². The van der Waals surface area contributed by atoms with Crippen LogP contribution in [0, 0.1) is 0 Å². The molecule has 2 aliphatic rings. The summed E-state index contributed by atoms with van der Waals surface area (Å²) in [4.78, 5) is 9.25. The third kappa shape index (κ3) is 5.76. The molecule has 1 aliphatic heterocycles. The molecule has 0 aromatic heterocycles. The van der Waals surface area contributed by atoms with Crippen molar-refractivity contribution in [1.82, 2.24) is 9.80 Å². The molecule has 1 atom stereocenters. The third-order valence-electron chi connectivity index (χ3n) is 4.52. The number of rotatable bonds is 6. The van der Waals surface area contributed by atoms with Gasteiger partial charge in [-0.1, -0.05) is 6.42 Å². The minimum atomic E-state index is 0. The maximum absolute atomic E-state index is 5.97. The number of nitrogens with two attached hydrogens (primary N) is 1. The highest BCUT2D eigenvalue weighted by atomic mass is 127. The number of likely N-dealkylation sites (tertiary alicyclic amines) is 1. The van der Waals surface area contributed by atoms with Crippen molar-refractivity contribution in [2.75, 3.05) is 26.7 Å². The second kappa shape index (κ2) is 9.07. The molecule has 2 N–H and O–H groups in total.